The molecule has 0 radical (unpaired) electrons. The van der Waals surface area contributed by atoms with Gasteiger partial charge in [-0.25, -0.2) is 9.78 Å². The van der Waals surface area contributed by atoms with E-state index in [1.54, 1.807) is 13.0 Å². The predicted octanol–water partition coefficient (Wildman–Crippen LogP) is 5.85. The van der Waals surface area contributed by atoms with E-state index in [4.69, 9.17) is 14.7 Å². The largest absolute Gasteiger partial charge is 0.461 e. The molecule has 39 heavy (non-hydrogen) atoms. The van der Waals surface area contributed by atoms with Crippen LogP contribution in [0.1, 0.15) is 73.5 Å². The predicted molar refractivity (Wildman–Crippen MR) is 153 cm³/mol. The Hall–Kier alpha value is -3.99. The molecule has 3 aliphatic rings. The lowest BCUT2D eigenvalue weighted by atomic mass is 9.76. The molecule has 1 aromatic carbocycles. The number of hydrogen-bond acceptors (Lipinski definition) is 8. The van der Waals surface area contributed by atoms with Gasteiger partial charge in [0.1, 0.15) is 11.7 Å². The van der Waals surface area contributed by atoms with Crippen LogP contribution in [0.3, 0.4) is 0 Å². The SMILES string of the molecule is CCOC(=O)c1cc(C2C=CC(N3CCC(C#N)CC3)=NC2C)c(C(=N)C2CCC2)c(Nc2ccccc2)n1. The standard InChI is InChI=1S/C31H36N6O2/c1-3-39-31(38)26-18-25(24-12-13-27(34-20(24)2)37-16-14-21(19-32)15-17-37)28(29(33)22-8-7-9-22)30(36-26)35-23-10-5-4-6-11-23/h4-6,10-13,18,20-22,24,33H,3,7-9,14-17H2,1-2H3,(H,35,36). The number of rotatable bonds is 7. The molecule has 1 saturated heterocycles. The van der Waals surface area contributed by atoms with Gasteiger partial charge in [0.25, 0.3) is 0 Å². The van der Waals surface area contributed by atoms with Gasteiger partial charge in [-0.15, -0.1) is 0 Å². The number of nitrogens with zero attached hydrogens (tertiary/aromatic N) is 4. The number of likely N-dealkylation sites (tertiary alicyclic amines) is 1. The second-order valence-electron chi connectivity index (χ2n) is 10.6. The molecule has 0 amide bonds. The number of aliphatic imine (C=N–C) groups is 1. The Morgan fingerprint density at radius 3 is 2.56 bits per heavy atom. The molecular weight excluding hydrogens is 488 g/mol. The van der Waals surface area contributed by atoms with E-state index in [0.717, 1.165) is 67.8 Å². The van der Waals surface area contributed by atoms with Crippen molar-refractivity contribution in [2.24, 2.45) is 16.8 Å². The molecule has 3 heterocycles. The minimum absolute atomic E-state index is 0.103. The number of piperidine rings is 1. The quantitative estimate of drug-likeness (QED) is 0.347. The summed E-state index contributed by atoms with van der Waals surface area (Å²) in [5, 5.41) is 21.9. The van der Waals surface area contributed by atoms with Crippen molar-refractivity contribution in [3.8, 4) is 6.07 Å². The summed E-state index contributed by atoms with van der Waals surface area (Å²) in [7, 11) is 0. The summed E-state index contributed by atoms with van der Waals surface area (Å²) >= 11 is 0. The number of carbonyl (C=O) groups excluding carboxylic acids is 1. The van der Waals surface area contributed by atoms with E-state index in [2.05, 4.69) is 35.4 Å². The minimum atomic E-state index is -0.478. The molecule has 2 aliphatic heterocycles. The molecule has 2 N–H and O–H groups in total. The van der Waals surface area contributed by atoms with Gasteiger partial charge in [-0.05, 0) is 69.4 Å². The van der Waals surface area contributed by atoms with Crippen molar-refractivity contribution in [2.45, 2.75) is 57.9 Å². The summed E-state index contributed by atoms with van der Waals surface area (Å²) in [5.74, 6) is 1.13. The monoisotopic (exact) mass is 524 g/mol. The Kier molecular flexibility index (Phi) is 8.06. The maximum Gasteiger partial charge on any atom is 0.357 e. The van der Waals surface area contributed by atoms with E-state index in [-0.39, 0.29) is 36.1 Å². The van der Waals surface area contributed by atoms with Crippen molar-refractivity contribution in [1.29, 1.82) is 10.7 Å². The van der Waals surface area contributed by atoms with Gasteiger partial charge in [0.2, 0.25) is 0 Å². The summed E-state index contributed by atoms with van der Waals surface area (Å²) in [4.78, 5) is 24.9. The normalized spacial score (nSPS) is 21.5. The summed E-state index contributed by atoms with van der Waals surface area (Å²) in [5.41, 5.74) is 3.26. The summed E-state index contributed by atoms with van der Waals surface area (Å²) in [6.07, 6.45) is 9.01. The van der Waals surface area contributed by atoms with E-state index >= 15 is 0 Å². The average Bonchev–Trinajstić information content (AvgIpc) is 2.92. The first kappa shape index (κ1) is 26.6. The third kappa shape index (κ3) is 5.73. The highest BCUT2D eigenvalue weighted by atomic mass is 16.5. The van der Waals surface area contributed by atoms with Gasteiger partial charge in [0, 0.05) is 47.8 Å². The Morgan fingerprint density at radius 1 is 1.21 bits per heavy atom. The van der Waals surface area contributed by atoms with Gasteiger partial charge in [-0.2, -0.15) is 5.26 Å². The van der Waals surface area contributed by atoms with Crippen molar-refractivity contribution in [2.75, 3.05) is 25.0 Å². The van der Waals surface area contributed by atoms with E-state index in [0.29, 0.717) is 11.5 Å². The Balaban J connectivity index is 1.54. The molecule has 1 aromatic heterocycles. The Bertz CT molecular complexity index is 1320. The van der Waals surface area contributed by atoms with E-state index in [1.165, 1.54) is 0 Å². The number of carbonyl (C=O) groups is 1. The zero-order valence-electron chi connectivity index (χ0n) is 22.7. The molecule has 8 nitrogen and oxygen atoms in total. The highest BCUT2D eigenvalue weighted by molar-refractivity contribution is 6.07. The Morgan fingerprint density at radius 2 is 1.95 bits per heavy atom. The minimum Gasteiger partial charge on any atom is -0.461 e. The number of ether oxygens (including phenoxy) is 1. The number of esters is 1. The molecule has 2 unspecified atom stereocenters. The smallest absolute Gasteiger partial charge is 0.357 e. The fourth-order valence-corrected chi connectivity index (χ4v) is 5.54. The average molecular weight is 525 g/mol. The first-order valence-corrected chi connectivity index (χ1v) is 14.0. The highest BCUT2D eigenvalue weighted by Crippen LogP contribution is 2.39. The third-order valence-corrected chi connectivity index (χ3v) is 8.02. The van der Waals surface area contributed by atoms with Crippen LogP contribution in [-0.2, 0) is 4.74 Å². The number of aromatic nitrogens is 1. The summed E-state index contributed by atoms with van der Waals surface area (Å²) in [6.45, 7) is 5.77. The van der Waals surface area contributed by atoms with Crippen LogP contribution in [0, 0.1) is 28.6 Å². The van der Waals surface area contributed by atoms with Gasteiger partial charge >= 0.3 is 5.97 Å². The molecule has 1 saturated carbocycles. The zero-order chi connectivity index (χ0) is 27.4. The van der Waals surface area contributed by atoms with Gasteiger partial charge < -0.3 is 20.4 Å². The van der Waals surface area contributed by atoms with Crippen molar-refractivity contribution in [3.63, 3.8) is 0 Å². The van der Waals surface area contributed by atoms with E-state index in [1.807, 2.05) is 30.3 Å². The first-order valence-electron chi connectivity index (χ1n) is 14.0. The van der Waals surface area contributed by atoms with Gasteiger partial charge in [-0.1, -0.05) is 30.7 Å². The molecule has 202 valence electrons. The lowest BCUT2D eigenvalue weighted by molar-refractivity contribution is 0.0519. The van der Waals surface area contributed by atoms with Crippen LogP contribution in [0.4, 0.5) is 11.5 Å². The van der Waals surface area contributed by atoms with Crippen LogP contribution in [-0.4, -0.2) is 53.1 Å². The van der Waals surface area contributed by atoms with Crippen LogP contribution < -0.4 is 5.32 Å². The molecule has 2 atom stereocenters. The number of amidine groups is 1. The van der Waals surface area contributed by atoms with Crippen LogP contribution >= 0.6 is 0 Å². The lowest BCUT2D eigenvalue weighted by Gasteiger charge is -2.35. The lowest BCUT2D eigenvalue weighted by Crippen LogP contribution is -2.39. The molecule has 5 rings (SSSR count). The number of benzene rings is 1. The number of para-hydroxylation sites is 1. The summed E-state index contributed by atoms with van der Waals surface area (Å²) < 4.78 is 5.34. The van der Waals surface area contributed by atoms with Crippen LogP contribution in [0.5, 0.6) is 0 Å². The topological polar surface area (TPSA) is 114 Å². The molecule has 0 bridgehead atoms. The number of nitriles is 1. The first-order chi connectivity index (χ1) is 19.0. The molecular formula is C31H36N6O2. The maximum atomic E-state index is 12.9. The van der Waals surface area contributed by atoms with Crippen molar-refractivity contribution >= 4 is 29.0 Å². The molecule has 2 aromatic rings. The fourth-order valence-electron chi connectivity index (χ4n) is 5.54. The molecule has 1 aliphatic carbocycles. The molecule has 0 spiro atoms. The maximum absolute atomic E-state index is 12.9. The van der Waals surface area contributed by atoms with Crippen molar-refractivity contribution < 1.29 is 9.53 Å². The number of anilines is 2. The zero-order valence-corrected chi connectivity index (χ0v) is 22.7. The second-order valence-corrected chi connectivity index (χ2v) is 10.6. The molecule has 2 fully saturated rings. The van der Waals surface area contributed by atoms with Gasteiger partial charge in [0.05, 0.1) is 18.7 Å². The van der Waals surface area contributed by atoms with Crippen molar-refractivity contribution in [3.05, 3.63) is 65.4 Å². The fraction of sp³-hybridized carbons (Fsp3) is 0.452. The van der Waals surface area contributed by atoms with Crippen molar-refractivity contribution in [1.82, 2.24) is 9.88 Å². The second kappa shape index (κ2) is 11.8. The van der Waals surface area contributed by atoms with E-state index < -0.39 is 5.97 Å². The number of nitrogens with one attached hydrogen (secondary N) is 2. The summed E-state index contributed by atoms with van der Waals surface area (Å²) in [6, 6.07) is 13.8. The molecule has 8 heteroatoms. The van der Waals surface area contributed by atoms with E-state index in [9.17, 15) is 15.5 Å². The van der Waals surface area contributed by atoms with Gasteiger partial charge in [0.15, 0.2) is 5.69 Å². The van der Waals surface area contributed by atoms with Gasteiger partial charge in [-0.3, -0.25) is 4.99 Å². The third-order valence-electron chi connectivity index (χ3n) is 8.02. The van der Waals surface area contributed by atoms with Crippen LogP contribution in [0.15, 0.2) is 53.5 Å². The Labute approximate surface area is 230 Å². The highest BCUT2D eigenvalue weighted by Gasteiger charge is 2.33. The number of hydrogen-bond donors (Lipinski definition) is 2. The number of pyridine rings is 1. The number of dihydropyridines is 1. The van der Waals surface area contributed by atoms with Crippen LogP contribution in [0.2, 0.25) is 0 Å². The van der Waals surface area contributed by atoms with Crippen LogP contribution in [0.25, 0.3) is 0 Å².